The lowest BCUT2D eigenvalue weighted by Crippen LogP contribution is -2.67. The van der Waals surface area contributed by atoms with E-state index in [9.17, 15) is 0 Å². The topological polar surface area (TPSA) is 0 Å². The van der Waals surface area contributed by atoms with Crippen molar-refractivity contribution >= 4 is 57.3 Å². The molecule has 0 spiro atoms. The minimum atomic E-state index is -1.28. The van der Waals surface area contributed by atoms with Crippen molar-refractivity contribution in [3.63, 3.8) is 0 Å². The first kappa shape index (κ1) is 62.7. The first-order valence-corrected chi connectivity index (χ1v) is 30.3. The van der Waals surface area contributed by atoms with Crippen LogP contribution in [0.25, 0.3) is 0 Å². The largest absolute Gasteiger partial charge is 0.328 e. The van der Waals surface area contributed by atoms with Gasteiger partial charge in [-0.25, -0.2) is 0 Å². The smallest absolute Gasteiger partial charge is 0.0816 e. The molecule has 5 heteroatoms. The number of benzene rings is 3. The third-order valence-corrected chi connectivity index (χ3v) is 16.7. The number of rotatable bonds is 40. The highest BCUT2D eigenvalue weighted by atomic mass is 35.5. The summed E-state index contributed by atoms with van der Waals surface area (Å²) in [5, 5.41) is 2.40. The normalized spacial score (nSPS) is 11.9. The maximum absolute atomic E-state index is 6.65. The Morgan fingerprint density at radius 2 is 0.544 bits per heavy atom. The highest BCUT2D eigenvalue weighted by Crippen LogP contribution is 2.25. The van der Waals surface area contributed by atoms with Gasteiger partial charge in [-0.3, -0.25) is 0 Å². The van der Waals surface area contributed by atoms with Crippen molar-refractivity contribution in [1.29, 1.82) is 0 Å². The summed E-state index contributed by atoms with van der Waals surface area (Å²) in [5.41, 5.74) is 6.99. The fraction of sp³-hybridized carbons (Fsp3) is 0.714. The maximum Gasteiger partial charge on any atom is 0.0816 e. The van der Waals surface area contributed by atoms with Gasteiger partial charge < -0.3 is 4.48 Å². The minimum absolute atomic E-state index is 0.800. The van der Waals surface area contributed by atoms with Crippen molar-refractivity contribution in [3.05, 3.63) is 86.4 Å². The van der Waals surface area contributed by atoms with E-state index in [-0.39, 0.29) is 0 Å². The monoisotopic (exact) mass is 994 g/mol. The highest BCUT2D eigenvalue weighted by Gasteiger charge is 2.31. The van der Waals surface area contributed by atoms with E-state index in [4.69, 9.17) is 34.8 Å². The average molecular weight is 996 g/mol. The van der Waals surface area contributed by atoms with E-state index < -0.39 is 6.15 Å². The Kier molecular flexibility index (Phi) is 36.1. The summed E-state index contributed by atoms with van der Waals surface area (Å²) >= 11 is 19.9. The lowest BCUT2D eigenvalue weighted by atomic mass is 9.14. The summed E-state index contributed by atoms with van der Waals surface area (Å²) in [6, 6.07) is 19.6. The van der Waals surface area contributed by atoms with Crippen LogP contribution >= 0.6 is 34.8 Å². The molecule has 0 radical (unpaired) electrons. The lowest BCUT2D eigenvalue weighted by molar-refractivity contribution is -0.890. The molecule has 3 rings (SSSR count). The maximum atomic E-state index is 6.65. The SMILES string of the molecule is CCCCCCCCCCCCCCCCCC[N+](C)(C)CCCCCCCCCCCCCCCC.CCCCCC[B-](c1ccc(C)c(Cl)c1)(c1ccc(C)c(Cl)c1)c1ccc(C)c(Cl)c1. The molecule has 3 aromatic carbocycles. The van der Waals surface area contributed by atoms with Gasteiger partial charge in [-0.15, -0.1) is 0 Å². The van der Waals surface area contributed by atoms with E-state index in [0.717, 1.165) is 44.5 Å². The second kappa shape index (κ2) is 39.1. The van der Waals surface area contributed by atoms with Gasteiger partial charge in [-0.2, -0.15) is 22.7 Å². The van der Waals surface area contributed by atoms with Crippen LogP contribution in [0.2, 0.25) is 21.4 Å². The van der Waals surface area contributed by atoms with Crippen molar-refractivity contribution in [2.24, 2.45) is 0 Å². The molecule has 0 bridgehead atoms. The molecule has 0 aliphatic carbocycles. The number of quaternary nitrogens is 1. The molecule has 1 nitrogen and oxygen atoms in total. The molecule has 0 N–H and O–H groups in total. The fourth-order valence-electron chi connectivity index (χ4n) is 10.6. The molecule has 0 aromatic heterocycles. The molecule has 0 heterocycles. The van der Waals surface area contributed by atoms with Gasteiger partial charge in [-0.05, 0) is 63.1 Å². The number of hydrogen-bond donors (Lipinski definition) is 0. The van der Waals surface area contributed by atoms with Gasteiger partial charge in [0, 0.05) is 15.1 Å². The summed E-state index contributed by atoms with van der Waals surface area (Å²) in [4.78, 5) is 0. The minimum Gasteiger partial charge on any atom is -0.328 e. The second-order valence-electron chi connectivity index (χ2n) is 22.2. The summed E-state index contributed by atoms with van der Waals surface area (Å²) < 4.78 is 1.25. The Bertz CT molecular complexity index is 1560. The summed E-state index contributed by atoms with van der Waals surface area (Å²) in [6.07, 6.45) is 48.5. The molecular weight excluding hydrogens is 888 g/mol. The zero-order valence-corrected chi connectivity index (χ0v) is 48.3. The van der Waals surface area contributed by atoms with Crippen LogP contribution in [0.1, 0.15) is 256 Å². The lowest BCUT2D eigenvalue weighted by Gasteiger charge is -2.44. The predicted molar refractivity (Wildman–Crippen MR) is 314 cm³/mol. The Labute approximate surface area is 439 Å². The molecule has 0 saturated heterocycles. The number of hydrogen-bond acceptors (Lipinski definition) is 0. The molecule has 0 saturated carbocycles. The van der Waals surface area contributed by atoms with E-state index in [1.165, 1.54) is 246 Å². The quantitative estimate of drug-likeness (QED) is 0.0303. The summed E-state index contributed by atoms with van der Waals surface area (Å²) in [5.74, 6) is 0. The molecule has 0 aliphatic heterocycles. The zero-order chi connectivity index (χ0) is 49.7. The summed E-state index contributed by atoms with van der Waals surface area (Å²) in [6.45, 7) is 15.8. The second-order valence-corrected chi connectivity index (χ2v) is 23.4. The van der Waals surface area contributed by atoms with Gasteiger partial charge >= 0.3 is 0 Å². The van der Waals surface area contributed by atoms with Crippen molar-refractivity contribution in [3.8, 4) is 0 Å². The highest BCUT2D eigenvalue weighted by molar-refractivity contribution is 7.11. The molecule has 0 fully saturated rings. The Morgan fingerprint density at radius 3 is 0.779 bits per heavy atom. The van der Waals surface area contributed by atoms with Crippen LogP contribution in [0.4, 0.5) is 0 Å². The Hall–Kier alpha value is -1.45. The van der Waals surface area contributed by atoms with Gasteiger partial charge in [0.25, 0.3) is 0 Å². The first-order chi connectivity index (χ1) is 32.9. The zero-order valence-electron chi connectivity index (χ0n) is 46.0. The van der Waals surface area contributed by atoms with Gasteiger partial charge in [-0.1, -0.05) is 303 Å². The van der Waals surface area contributed by atoms with Crippen LogP contribution in [0.3, 0.4) is 0 Å². The number of nitrogens with zero attached hydrogens (tertiary/aromatic N) is 1. The molecule has 0 atom stereocenters. The van der Waals surface area contributed by atoms with Crippen molar-refractivity contribution in [2.45, 2.75) is 266 Å². The first-order valence-electron chi connectivity index (χ1n) is 29.2. The van der Waals surface area contributed by atoms with Crippen molar-refractivity contribution in [2.75, 3.05) is 27.2 Å². The standard InChI is InChI=1S/C36H76N.C27H31BCl3/c1-5-7-9-11-13-15-17-19-21-22-24-26-28-30-32-34-36-37(3,4)35-33-31-29-27-25-23-20-18-16-14-12-10-8-6-2;1-5-6-7-8-15-28(22-12-9-19(2)25(29)16-22,23-13-10-20(3)26(30)17-23)24-14-11-21(4)27(31)18-24/h5-36H2,1-4H3;9-14,16-18H,5-8,15H2,1-4H3/q+1;-1. The number of aryl methyl sites for hydroxylation is 3. The van der Waals surface area contributed by atoms with Crippen LogP contribution in [0.15, 0.2) is 54.6 Å². The van der Waals surface area contributed by atoms with Gasteiger partial charge in [0.05, 0.1) is 33.3 Å². The van der Waals surface area contributed by atoms with E-state index in [1.807, 2.05) is 20.8 Å². The number of unbranched alkanes of at least 4 members (excludes halogenated alkanes) is 31. The van der Waals surface area contributed by atoms with Crippen LogP contribution < -0.4 is 16.4 Å². The van der Waals surface area contributed by atoms with Gasteiger partial charge in [0.15, 0.2) is 0 Å². The fourth-order valence-corrected chi connectivity index (χ4v) is 11.2. The predicted octanol–water partition coefficient (Wildman–Crippen LogP) is 20.4. The van der Waals surface area contributed by atoms with Crippen LogP contribution in [-0.2, 0) is 0 Å². The number of halogens is 3. The van der Waals surface area contributed by atoms with Gasteiger partial charge in [0.2, 0.25) is 0 Å². The van der Waals surface area contributed by atoms with E-state index in [0.29, 0.717) is 0 Å². The average Bonchev–Trinajstić information content (AvgIpc) is 3.32. The molecule has 0 amide bonds. The molecular formula is C63H107BCl3N. The van der Waals surface area contributed by atoms with E-state index in [2.05, 4.69) is 89.5 Å². The molecule has 3 aromatic rings. The molecule has 0 unspecified atom stereocenters. The van der Waals surface area contributed by atoms with Crippen molar-refractivity contribution in [1.82, 2.24) is 0 Å². The third-order valence-electron chi connectivity index (χ3n) is 15.5. The third kappa shape index (κ3) is 26.8. The Morgan fingerprint density at radius 1 is 0.324 bits per heavy atom. The van der Waals surface area contributed by atoms with E-state index >= 15 is 0 Å². The van der Waals surface area contributed by atoms with Gasteiger partial charge in [0.1, 0.15) is 0 Å². The Balaban J connectivity index is 0.000000472. The van der Waals surface area contributed by atoms with Crippen LogP contribution in [-0.4, -0.2) is 37.8 Å². The van der Waals surface area contributed by atoms with Crippen LogP contribution in [0, 0.1) is 20.8 Å². The molecule has 0 aliphatic rings. The molecule has 388 valence electrons. The van der Waals surface area contributed by atoms with Crippen LogP contribution in [0.5, 0.6) is 0 Å². The molecule has 68 heavy (non-hydrogen) atoms. The van der Waals surface area contributed by atoms with Crippen molar-refractivity contribution < 1.29 is 4.48 Å². The van der Waals surface area contributed by atoms with E-state index in [1.54, 1.807) is 0 Å². The summed E-state index contributed by atoms with van der Waals surface area (Å²) in [7, 11) is 4.93.